The van der Waals surface area contributed by atoms with Crippen LogP contribution in [0.25, 0.3) is 0 Å². The van der Waals surface area contributed by atoms with Gasteiger partial charge in [0.15, 0.2) is 0 Å². The van der Waals surface area contributed by atoms with Crippen LogP contribution in [0.5, 0.6) is 0 Å². The summed E-state index contributed by atoms with van der Waals surface area (Å²) in [7, 11) is -3.52. The van der Waals surface area contributed by atoms with Crippen molar-refractivity contribution in [3.05, 3.63) is 81.8 Å². The lowest BCUT2D eigenvalue weighted by Gasteiger charge is -2.06. The van der Waals surface area contributed by atoms with Gasteiger partial charge in [-0.25, -0.2) is 18.1 Å². The molecule has 0 amide bonds. The molecule has 1 aromatic heterocycles. The molecule has 6 heteroatoms. The molecule has 2 aromatic carbocycles. The number of sulfonamides is 1. The van der Waals surface area contributed by atoms with Gasteiger partial charge in [0.1, 0.15) is 5.01 Å². The molecule has 0 aliphatic rings. The summed E-state index contributed by atoms with van der Waals surface area (Å²) in [6.07, 6.45) is 3.51. The van der Waals surface area contributed by atoms with E-state index in [1.807, 2.05) is 43.5 Å². The molecule has 25 heavy (non-hydrogen) atoms. The Labute approximate surface area is 152 Å². The van der Waals surface area contributed by atoms with Crippen LogP contribution in [0, 0.1) is 0 Å². The van der Waals surface area contributed by atoms with E-state index in [0.29, 0.717) is 0 Å². The fourth-order valence-corrected chi connectivity index (χ4v) is 4.43. The SMILES string of the molecule is CCc1ccc(S(=O)(=O)NCc2ncc(Cc3ccccc3)s2)cc1. The van der Waals surface area contributed by atoms with E-state index in [1.165, 1.54) is 16.9 Å². The minimum atomic E-state index is -3.52. The van der Waals surface area contributed by atoms with Crippen LogP contribution in [0.3, 0.4) is 0 Å². The number of hydrogen-bond acceptors (Lipinski definition) is 4. The molecule has 0 aliphatic heterocycles. The molecule has 0 saturated carbocycles. The van der Waals surface area contributed by atoms with Crippen molar-refractivity contribution in [1.29, 1.82) is 0 Å². The van der Waals surface area contributed by atoms with Crippen molar-refractivity contribution in [2.75, 3.05) is 0 Å². The zero-order valence-corrected chi connectivity index (χ0v) is 15.6. The first-order chi connectivity index (χ1) is 12.1. The van der Waals surface area contributed by atoms with E-state index in [1.54, 1.807) is 12.1 Å². The molecule has 0 unspecified atom stereocenters. The molecule has 0 aliphatic carbocycles. The third-order valence-electron chi connectivity index (χ3n) is 3.88. The first kappa shape index (κ1) is 17.8. The second-order valence-corrected chi connectivity index (χ2v) is 8.67. The van der Waals surface area contributed by atoms with Gasteiger partial charge in [-0.1, -0.05) is 49.4 Å². The molecule has 0 bridgehead atoms. The van der Waals surface area contributed by atoms with Crippen molar-refractivity contribution in [3.63, 3.8) is 0 Å². The molecule has 0 saturated heterocycles. The van der Waals surface area contributed by atoms with Crippen LogP contribution >= 0.6 is 11.3 Å². The minimum Gasteiger partial charge on any atom is -0.248 e. The van der Waals surface area contributed by atoms with Gasteiger partial charge in [0.25, 0.3) is 0 Å². The minimum absolute atomic E-state index is 0.206. The highest BCUT2D eigenvalue weighted by molar-refractivity contribution is 7.89. The Morgan fingerprint density at radius 1 is 1.00 bits per heavy atom. The van der Waals surface area contributed by atoms with Gasteiger partial charge in [0.05, 0.1) is 11.4 Å². The quantitative estimate of drug-likeness (QED) is 0.687. The zero-order valence-electron chi connectivity index (χ0n) is 14.0. The third-order valence-corrected chi connectivity index (χ3v) is 6.29. The molecule has 3 aromatic rings. The zero-order chi connectivity index (χ0) is 17.7. The summed E-state index contributed by atoms with van der Waals surface area (Å²) in [4.78, 5) is 5.73. The highest BCUT2D eigenvalue weighted by atomic mass is 32.2. The lowest BCUT2D eigenvalue weighted by atomic mass is 10.1. The number of nitrogens with one attached hydrogen (secondary N) is 1. The van der Waals surface area contributed by atoms with Gasteiger partial charge in [-0.15, -0.1) is 11.3 Å². The van der Waals surface area contributed by atoms with E-state index in [-0.39, 0.29) is 11.4 Å². The van der Waals surface area contributed by atoms with Gasteiger partial charge in [-0.2, -0.15) is 0 Å². The number of rotatable bonds is 7. The van der Waals surface area contributed by atoms with Crippen molar-refractivity contribution in [1.82, 2.24) is 9.71 Å². The topological polar surface area (TPSA) is 59.1 Å². The number of hydrogen-bond donors (Lipinski definition) is 1. The van der Waals surface area contributed by atoms with Crippen LogP contribution in [-0.2, 0) is 29.4 Å². The number of nitrogens with zero attached hydrogens (tertiary/aromatic N) is 1. The van der Waals surface area contributed by atoms with Gasteiger partial charge in [0, 0.05) is 17.5 Å². The Hall–Kier alpha value is -2.02. The fourth-order valence-electron chi connectivity index (χ4n) is 2.45. The summed E-state index contributed by atoms with van der Waals surface area (Å²) in [6.45, 7) is 2.24. The summed E-state index contributed by atoms with van der Waals surface area (Å²) >= 11 is 1.53. The molecule has 0 spiro atoms. The van der Waals surface area contributed by atoms with Gasteiger partial charge in [0.2, 0.25) is 10.0 Å². The third kappa shape index (κ3) is 4.75. The number of thiazole rings is 1. The Morgan fingerprint density at radius 2 is 1.72 bits per heavy atom. The normalized spacial score (nSPS) is 11.6. The molecule has 0 radical (unpaired) electrons. The van der Waals surface area contributed by atoms with E-state index < -0.39 is 10.0 Å². The van der Waals surface area contributed by atoms with Gasteiger partial charge in [-0.05, 0) is 29.7 Å². The molecule has 1 N–H and O–H groups in total. The molecular weight excluding hydrogens is 352 g/mol. The largest absolute Gasteiger partial charge is 0.248 e. The monoisotopic (exact) mass is 372 g/mol. The van der Waals surface area contributed by atoms with Crippen molar-refractivity contribution >= 4 is 21.4 Å². The Bertz CT molecular complexity index is 918. The summed E-state index contributed by atoms with van der Waals surface area (Å²) in [5.74, 6) is 0. The van der Waals surface area contributed by atoms with Gasteiger partial charge < -0.3 is 0 Å². The van der Waals surface area contributed by atoms with E-state index in [2.05, 4.69) is 21.8 Å². The lowest BCUT2D eigenvalue weighted by Crippen LogP contribution is -2.23. The first-order valence-corrected chi connectivity index (χ1v) is 10.4. The van der Waals surface area contributed by atoms with E-state index in [4.69, 9.17) is 0 Å². The second-order valence-electron chi connectivity index (χ2n) is 5.70. The Morgan fingerprint density at radius 3 is 2.40 bits per heavy atom. The highest BCUT2D eigenvalue weighted by Crippen LogP contribution is 2.18. The first-order valence-electron chi connectivity index (χ1n) is 8.13. The summed E-state index contributed by atoms with van der Waals surface area (Å²) < 4.78 is 27.4. The van der Waals surface area contributed by atoms with Crippen molar-refractivity contribution in [3.8, 4) is 0 Å². The average Bonchev–Trinajstić information content (AvgIpc) is 3.08. The predicted octanol–water partition coefficient (Wildman–Crippen LogP) is 3.77. The van der Waals surface area contributed by atoms with Crippen LogP contribution in [0.2, 0.25) is 0 Å². The number of aryl methyl sites for hydroxylation is 1. The van der Waals surface area contributed by atoms with Crippen LogP contribution in [0.4, 0.5) is 0 Å². The average molecular weight is 373 g/mol. The molecule has 130 valence electrons. The fraction of sp³-hybridized carbons (Fsp3) is 0.211. The maximum Gasteiger partial charge on any atom is 0.240 e. The van der Waals surface area contributed by atoms with Gasteiger partial charge in [-0.3, -0.25) is 0 Å². The Balaban J connectivity index is 1.63. The molecule has 3 rings (SSSR count). The van der Waals surface area contributed by atoms with Crippen LogP contribution < -0.4 is 4.72 Å². The number of aromatic nitrogens is 1. The highest BCUT2D eigenvalue weighted by Gasteiger charge is 2.14. The van der Waals surface area contributed by atoms with E-state index in [9.17, 15) is 8.42 Å². The predicted molar refractivity (Wildman–Crippen MR) is 101 cm³/mol. The van der Waals surface area contributed by atoms with Gasteiger partial charge >= 0.3 is 0 Å². The van der Waals surface area contributed by atoms with Crippen LogP contribution in [-0.4, -0.2) is 13.4 Å². The molecule has 1 heterocycles. The molecular formula is C19H20N2O2S2. The summed E-state index contributed by atoms with van der Waals surface area (Å²) in [6, 6.07) is 17.1. The lowest BCUT2D eigenvalue weighted by molar-refractivity contribution is 0.581. The van der Waals surface area contributed by atoms with Crippen molar-refractivity contribution in [2.45, 2.75) is 31.2 Å². The molecule has 0 fully saturated rings. The second kappa shape index (κ2) is 7.91. The summed E-state index contributed by atoms with van der Waals surface area (Å²) in [5.41, 5.74) is 2.33. The van der Waals surface area contributed by atoms with Crippen molar-refractivity contribution in [2.24, 2.45) is 0 Å². The molecule has 0 atom stereocenters. The van der Waals surface area contributed by atoms with Crippen LogP contribution in [0.1, 0.15) is 27.9 Å². The van der Waals surface area contributed by atoms with Crippen molar-refractivity contribution < 1.29 is 8.42 Å². The summed E-state index contributed by atoms with van der Waals surface area (Å²) in [5, 5.41) is 0.764. The Kier molecular flexibility index (Phi) is 5.63. The van der Waals surface area contributed by atoms with Crippen LogP contribution in [0.15, 0.2) is 65.7 Å². The maximum atomic E-state index is 12.4. The van der Waals surface area contributed by atoms with E-state index in [0.717, 1.165) is 28.3 Å². The smallest absolute Gasteiger partial charge is 0.240 e. The molecule has 4 nitrogen and oxygen atoms in total. The standard InChI is InChI=1S/C19H20N2O2S2/c1-2-15-8-10-18(11-9-15)25(22,23)21-14-19-20-13-17(24-19)12-16-6-4-3-5-7-16/h3-11,13,21H,2,12,14H2,1H3. The van der Waals surface area contributed by atoms with E-state index >= 15 is 0 Å². The number of benzene rings is 2. The maximum absolute atomic E-state index is 12.4.